The summed E-state index contributed by atoms with van der Waals surface area (Å²) in [7, 11) is 0. The number of amides is 2. The minimum absolute atomic E-state index is 0.0293. The van der Waals surface area contributed by atoms with Gasteiger partial charge in [0.2, 0.25) is 5.91 Å². The number of nitrogens with one attached hydrogen (secondary N) is 1. The van der Waals surface area contributed by atoms with Crippen LogP contribution in [0.4, 0.5) is 4.39 Å². The van der Waals surface area contributed by atoms with E-state index in [9.17, 15) is 14.0 Å². The highest BCUT2D eigenvalue weighted by atomic mass is 19.1. The maximum atomic E-state index is 13.3. The number of hydrogen-bond donors (Lipinski definition) is 1. The molecule has 0 radical (unpaired) electrons. The molecule has 142 valence electrons. The van der Waals surface area contributed by atoms with Gasteiger partial charge in [0.15, 0.2) is 0 Å². The van der Waals surface area contributed by atoms with Gasteiger partial charge in [0.1, 0.15) is 5.82 Å². The third kappa shape index (κ3) is 5.04. The second kappa shape index (κ2) is 9.12. The molecule has 0 aliphatic carbocycles. The summed E-state index contributed by atoms with van der Waals surface area (Å²) in [6, 6.07) is 5.77. The van der Waals surface area contributed by atoms with Crippen LogP contribution in [0.15, 0.2) is 24.3 Å². The Morgan fingerprint density at radius 2 is 1.85 bits per heavy atom. The van der Waals surface area contributed by atoms with Crippen LogP contribution in [0.2, 0.25) is 0 Å². The lowest BCUT2D eigenvalue weighted by Crippen LogP contribution is -2.43. The van der Waals surface area contributed by atoms with E-state index in [4.69, 9.17) is 0 Å². The molecule has 1 N–H and O–H groups in total. The van der Waals surface area contributed by atoms with E-state index in [1.165, 1.54) is 38.1 Å². The molecular weight excluding hydrogens is 333 g/mol. The van der Waals surface area contributed by atoms with Crippen molar-refractivity contribution in [1.82, 2.24) is 15.1 Å². The standard InChI is InChI=1S/C20H28FN3O2/c21-18-6-3-5-17(15-18)20(26)24-13-7-16(8-14-24)19(25)22-9-4-12-23-10-1-2-11-23/h3,5-6,15-16H,1-2,4,7-14H2,(H,22,25). The Hall–Kier alpha value is -1.95. The average Bonchev–Trinajstić information content (AvgIpc) is 3.18. The van der Waals surface area contributed by atoms with E-state index >= 15 is 0 Å². The molecule has 1 aromatic rings. The van der Waals surface area contributed by atoms with Gasteiger partial charge >= 0.3 is 0 Å². The molecule has 1 aromatic carbocycles. The third-order valence-electron chi connectivity index (χ3n) is 5.37. The maximum absolute atomic E-state index is 13.3. The normalized spacial score (nSPS) is 18.9. The summed E-state index contributed by atoms with van der Waals surface area (Å²) in [6.45, 7) is 5.23. The van der Waals surface area contributed by atoms with Gasteiger partial charge in [0.05, 0.1) is 0 Å². The number of rotatable bonds is 6. The Bertz CT molecular complexity index is 623. The second-order valence-electron chi connectivity index (χ2n) is 7.27. The van der Waals surface area contributed by atoms with Gasteiger partial charge in [0.25, 0.3) is 5.91 Å². The number of halogens is 1. The number of nitrogens with zero attached hydrogens (tertiary/aromatic N) is 2. The van der Waals surface area contributed by atoms with Crippen LogP contribution in [0.3, 0.4) is 0 Å². The molecule has 0 spiro atoms. The van der Waals surface area contributed by atoms with Gasteiger partial charge in [-0.1, -0.05) is 6.07 Å². The number of hydrogen-bond acceptors (Lipinski definition) is 3. The number of likely N-dealkylation sites (tertiary alicyclic amines) is 2. The molecule has 0 unspecified atom stereocenters. The number of carbonyl (C=O) groups excluding carboxylic acids is 2. The monoisotopic (exact) mass is 361 g/mol. The summed E-state index contributed by atoms with van der Waals surface area (Å²) in [4.78, 5) is 28.9. The van der Waals surface area contributed by atoms with Crippen molar-refractivity contribution in [2.24, 2.45) is 5.92 Å². The average molecular weight is 361 g/mol. The van der Waals surface area contributed by atoms with Gasteiger partial charge in [-0.25, -0.2) is 4.39 Å². The highest BCUT2D eigenvalue weighted by Gasteiger charge is 2.27. The van der Waals surface area contributed by atoms with Crippen LogP contribution >= 0.6 is 0 Å². The molecule has 26 heavy (non-hydrogen) atoms. The van der Waals surface area contributed by atoms with Crippen LogP contribution in [-0.2, 0) is 4.79 Å². The van der Waals surface area contributed by atoms with Crippen molar-refractivity contribution in [2.45, 2.75) is 32.1 Å². The Kier molecular flexibility index (Phi) is 6.61. The molecule has 2 heterocycles. The van der Waals surface area contributed by atoms with Crippen molar-refractivity contribution in [3.8, 4) is 0 Å². The predicted octanol–water partition coefficient (Wildman–Crippen LogP) is 2.28. The molecule has 0 atom stereocenters. The van der Waals surface area contributed by atoms with E-state index in [-0.39, 0.29) is 17.7 Å². The van der Waals surface area contributed by atoms with Gasteiger partial charge in [-0.3, -0.25) is 9.59 Å². The lowest BCUT2D eigenvalue weighted by molar-refractivity contribution is -0.126. The highest BCUT2D eigenvalue weighted by molar-refractivity contribution is 5.94. The molecule has 0 saturated carbocycles. The molecule has 6 heteroatoms. The fraction of sp³-hybridized carbons (Fsp3) is 0.600. The van der Waals surface area contributed by atoms with Crippen molar-refractivity contribution < 1.29 is 14.0 Å². The summed E-state index contributed by atoms with van der Waals surface area (Å²) in [6.07, 6.45) is 4.90. The Morgan fingerprint density at radius 1 is 1.12 bits per heavy atom. The molecule has 2 aliphatic rings. The SMILES string of the molecule is O=C(NCCCN1CCCC1)C1CCN(C(=O)c2cccc(F)c2)CC1. The molecule has 2 aliphatic heterocycles. The fourth-order valence-corrected chi connectivity index (χ4v) is 3.81. The minimum atomic E-state index is -0.404. The van der Waals surface area contributed by atoms with Gasteiger partial charge < -0.3 is 15.1 Å². The number of benzene rings is 1. The first-order valence-electron chi connectivity index (χ1n) is 9.68. The first-order valence-corrected chi connectivity index (χ1v) is 9.68. The van der Waals surface area contributed by atoms with Gasteiger partial charge in [-0.05, 0) is 69.9 Å². The van der Waals surface area contributed by atoms with Crippen LogP contribution in [0.5, 0.6) is 0 Å². The van der Waals surface area contributed by atoms with Crippen molar-refractivity contribution in [3.05, 3.63) is 35.6 Å². The van der Waals surface area contributed by atoms with E-state index in [1.807, 2.05) is 0 Å². The van der Waals surface area contributed by atoms with E-state index < -0.39 is 5.82 Å². The van der Waals surface area contributed by atoms with E-state index in [2.05, 4.69) is 10.2 Å². The molecule has 2 saturated heterocycles. The van der Waals surface area contributed by atoms with Crippen LogP contribution in [0.25, 0.3) is 0 Å². The summed E-state index contributed by atoms with van der Waals surface area (Å²) in [5, 5.41) is 3.04. The largest absolute Gasteiger partial charge is 0.356 e. The molecule has 0 bridgehead atoms. The van der Waals surface area contributed by atoms with Crippen LogP contribution in [-0.4, -0.2) is 60.9 Å². The number of carbonyl (C=O) groups is 2. The second-order valence-corrected chi connectivity index (χ2v) is 7.27. The van der Waals surface area contributed by atoms with Crippen molar-refractivity contribution in [3.63, 3.8) is 0 Å². The van der Waals surface area contributed by atoms with E-state index in [0.717, 1.165) is 19.5 Å². The fourth-order valence-electron chi connectivity index (χ4n) is 3.81. The summed E-state index contributed by atoms with van der Waals surface area (Å²) in [5.41, 5.74) is 0.370. The first kappa shape index (κ1) is 18.8. The zero-order valence-corrected chi connectivity index (χ0v) is 15.3. The Labute approximate surface area is 154 Å². The molecule has 3 rings (SSSR count). The predicted molar refractivity (Wildman–Crippen MR) is 98.3 cm³/mol. The molecule has 2 amide bonds. The van der Waals surface area contributed by atoms with Crippen molar-refractivity contribution in [2.75, 3.05) is 39.3 Å². The van der Waals surface area contributed by atoms with E-state index in [0.29, 0.717) is 31.5 Å². The topological polar surface area (TPSA) is 52.7 Å². The molecule has 0 aromatic heterocycles. The number of piperidine rings is 1. The molecular formula is C20H28FN3O2. The molecule has 2 fully saturated rings. The smallest absolute Gasteiger partial charge is 0.253 e. The Balaban J connectivity index is 1.37. The van der Waals surface area contributed by atoms with Gasteiger partial charge in [-0.15, -0.1) is 0 Å². The van der Waals surface area contributed by atoms with Gasteiger partial charge in [-0.2, -0.15) is 0 Å². The zero-order chi connectivity index (χ0) is 18.4. The Morgan fingerprint density at radius 3 is 2.54 bits per heavy atom. The van der Waals surface area contributed by atoms with E-state index in [1.54, 1.807) is 17.0 Å². The van der Waals surface area contributed by atoms with Crippen molar-refractivity contribution >= 4 is 11.8 Å². The van der Waals surface area contributed by atoms with Crippen LogP contribution < -0.4 is 5.32 Å². The maximum Gasteiger partial charge on any atom is 0.253 e. The summed E-state index contributed by atoms with van der Waals surface area (Å²) in [5.74, 6) is -0.490. The zero-order valence-electron chi connectivity index (χ0n) is 15.3. The highest BCUT2D eigenvalue weighted by Crippen LogP contribution is 2.19. The first-order chi connectivity index (χ1) is 12.6. The summed E-state index contributed by atoms with van der Waals surface area (Å²) >= 11 is 0. The summed E-state index contributed by atoms with van der Waals surface area (Å²) < 4.78 is 13.3. The lowest BCUT2D eigenvalue weighted by Gasteiger charge is -2.31. The van der Waals surface area contributed by atoms with Crippen molar-refractivity contribution in [1.29, 1.82) is 0 Å². The quantitative estimate of drug-likeness (QED) is 0.791. The molecule has 5 nitrogen and oxygen atoms in total. The van der Waals surface area contributed by atoms with Gasteiger partial charge in [0, 0.05) is 31.1 Å². The lowest BCUT2D eigenvalue weighted by atomic mass is 9.95. The van der Waals surface area contributed by atoms with Crippen LogP contribution in [0.1, 0.15) is 42.5 Å². The third-order valence-corrected chi connectivity index (χ3v) is 5.37. The van der Waals surface area contributed by atoms with Crippen LogP contribution in [0, 0.1) is 11.7 Å². The minimum Gasteiger partial charge on any atom is -0.356 e.